The molecule has 0 heterocycles. The SMILES string of the molecule is CCCOc1ccc(Br)cc1C(=O)OCC(=O)c1ccc([N+](=O)[O-])cc1. The van der Waals surface area contributed by atoms with E-state index in [4.69, 9.17) is 9.47 Å². The minimum atomic E-state index is -0.687. The number of carbonyl (C=O) groups excluding carboxylic acids is 2. The Labute approximate surface area is 158 Å². The van der Waals surface area contributed by atoms with Crippen LogP contribution in [0.1, 0.15) is 34.1 Å². The summed E-state index contributed by atoms with van der Waals surface area (Å²) in [6, 6.07) is 10.0. The third-order valence-electron chi connectivity index (χ3n) is 3.36. The van der Waals surface area contributed by atoms with Crippen molar-refractivity contribution in [3.05, 3.63) is 68.2 Å². The highest BCUT2D eigenvalue weighted by atomic mass is 79.9. The molecule has 0 saturated heterocycles. The molecule has 0 bridgehead atoms. The number of rotatable bonds is 8. The molecule has 7 nitrogen and oxygen atoms in total. The topological polar surface area (TPSA) is 95.7 Å². The molecule has 0 radical (unpaired) electrons. The number of nitro benzene ring substituents is 1. The number of halogens is 1. The van der Waals surface area contributed by atoms with Gasteiger partial charge in [0.1, 0.15) is 11.3 Å². The molecule has 0 aliphatic rings. The molecule has 0 aliphatic carbocycles. The van der Waals surface area contributed by atoms with Crippen molar-refractivity contribution in [1.82, 2.24) is 0 Å². The molecule has 0 spiro atoms. The van der Waals surface area contributed by atoms with Crippen LogP contribution in [0.25, 0.3) is 0 Å². The van der Waals surface area contributed by atoms with E-state index >= 15 is 0 Å². The maximum absolute atomic E-state index is 12.3. The molecule has 136 valence electrons. The van der Waals surface area contributed by atoms with Gasteiger partial charge in [0.05, 0.1) is 11.5 Å². The van der Waals surface area contributed by atoms with Gasteiger partial charge in [-0.05, 0) is 36.8 Å². The van der Waals surface area contributed by atoms with Crippen molar-refractivity contribution >= 4 is 33.4 Å². The Morgan fingerprint density at radius 3 is 2.46 bits per heavy atom. The molecule has 26 heavy (non-hydrogen) atoms. The van der Waals surface area contributed by atoms with E-state index in [-0.39, 0.29) is 16.8 Å². The summed E-state index contributed by atoms with van der Waals surface area (Å²) in [5.41, 5.74) is 0.315. The van der Waals surface area contributed by atoms with Gasteiger partial charge in [0, 0.05) is 22.2 Å². The average molecular weight is 422 g/mol. The number of hydrogen-bond donors (Lipinski definition) is 0. The highest BCUT2D eigenvalue weighted by Crippen LogP contribution is 2.24. The number of non-ortho nitro benzene ring substituents is 1. The molecule has 0 atom stereocenters. The first-order valence-electron chi connectivity index (χ1n) is 7.79. The lowest BCUT2D eigenvalue weighted by Crippen LogP contribution is -2.15. The van der Waals surface area contributed by atoms with Gasteiger partial charge in [0.25, 0.3) is 5.69 Å². The van der Waals surface area contributed by atoms with Gasteiger partial charge >= 0.3 is 5.97 Å². The summed E-state index contributed by atoms with van der Waals surface area (Å²) < 4.78 is 11.3. The van der Waals surface area contributed by atoms with E-state index in [1.54, 1.807) is 18.2 Å². The molecule has 0 amide bonds. The minimum Gasteiger partial charge on any atom is -0.493 e. The minimum absolute atomic E-state index is 0.120. The first-order chi connectivity index (χ1) is 12.4. The monoisotopic (exact) mass is 421 g/mol. The number of benzene rings is 2. The maximum Gasteiger partial charge on any atom is 0.342 e. The van der Waals surface area contributed by atoms with Crippen molar-refractivity contribution < 1.29 is 24.0 Å². The number of carbonyl (C=O) groups is 2. The van der Waals surface area contributed by atoms with Crippen LogP contribution < -0.4 is 4.74 Å². The molecular weight excluding hydrogens is 406 g/mol. The van der Waals surface area contributed by atoms with Gasteiger partial charge < -0.3 is 9.47 Å². The highest BCUT2D eigenvalue weighted by molar-refractivity contribution is 9.10. The molecule has 8 heteroatoms. The lowest BCUT2D eigenvalue weighted by Gasteiger charge is -2.11. The number of hydrogen-bond acceptors (Lipinski definition) is 6. The first-order valence-corrected chi connectivity index (χ1v) is 8.58. The molecule has 0 N–H and O–H groups in total. The highest BCUT2D eigenvalue weighted by Gasteiger charge is 2.17. The predicted octanol–water partition coefficient (Wildman–Crippen LogP) is 4.19. The predicted molar refractivity (Wildman–Crippen MR) is 97.6 cm³/mol. The van der Waals surface area contributed by atoms with Crippen molar-refractivity contribution in [2.45, 2.75) is 13.3 Å². The van der Waals surface area contributed by atoms with Crippen molar-refractivity contribution in [3.8, 4) is 5.75 Å². The molecule has 2 aromatic carbocycles. The van der Waals surface area contributed by atoms with Gasteiger partial charge in [-0.25, -0.2) is 4.79 Å². The molecule has 0 unspecified atom stereocenters. The van der Waals surface area contributed by atoms with E-state index in [0.717, 1.165) is 6.42 Å². The van der Waals surface area contributed by atoms with E-state index in [1.165, 1.54) is 24.3 Å². The largest absolute Gasteiger partial charge is 0.493 e. The first kappa shape index (κ1) is 19.6. The zero-order valence-corrected chi connectivity index (χ0v) is 15.5. The zero-order valence-electron chi connectivity index (χ0n) is 13.9. The maximum atomic E-state index is 12.3. The molecule has 0 aromatic heterocycles. The van der Waals surface area contributed by atoms with Crippen molar-refractivity contribution in [2.24, 2.45) is 0 Å². The second-order valence-corrected chi connectivity index (χ2v) is 6.21. The van der Waals surface area contributed by atoms with E-state index in [9.17, 15) is 19.7 Å². The number of esters is 1. The Hall–Kier alpha value is -2.74. The quantitative estimate of drug-likeness (QED) is 0.274. The summed E-state index contributed by atoms with van der Waals surface area (Å²) in [5, 5.41) is 10.6. The van der Waals surface area contributed by atoms with Crippen LogP contribution in [0, 0.1) is 10.1 Å². The van der Waals surface area contributed by atoms with Crippen LogP contribution in [0.5, 0.6) is 5.75 Å². The number of ketones is 1. The number of nitro groups is 1. The van der Waals surface area contributed by atoms with Crippen LogP contribution in [-0.4, -0.2) is 29.9 Å². The smallest absolute Gasteiger partial charge is 0.342 e. The van der Waals surface area contributed by atoms with Gasteiger partial charge in [-0.3, -0.25) is 14.9 Å². The molecule has 0 fully saturated rings. The standard InChI is InChI=1S/C18H16BrNO6/c1-2-9-25-17-8-5-13(19)10-15(17)18(22)26-11-16(21)12-3-6-14(7-4-12)20(23)24/h3-8,10H,2,9,11H2,1H3. The second kappa shape index (κ2) is 9.10. The van der Waals surface area contributed by atoms with E-state index < -0.39 is 23.3 Å². The van der Waals surface area contributed by atoms with Crippen molar-refractivity contribution in [3.63, 3.8) is 0 Å². The van der Waals surface area contributed by atoms with Crippen LogP contribution in [0.15, 0.2) is 46.9 Å². The van der Waals surface area contributed by atoms with Crippen LogP contribution in [0.4, 0.5) is 5.69 Å². The summed E-state index contributed by atoms with van der Waals surface area (Å²) >= 11 is 3.28. The summed E-state index contributed by atoms with van der Waals surface area (Å²) in [6.07, 6.45) is 0.781. The van der Waals surface area contributed by atoms with Crippen molar-refractivity contribution in [1.29, 1.82) is 0 Å². The van der Waals surface area contributed by atoms with E-state index in [2.05, 4.69) is 15.9 Å². The van der Waals surface area contributed by atoms with Gasteiger partial charge in [0.15, 0.2) is 12.4 Å². The summed E-state index contributed by atoms with van der Waals surface area (Å²) in [6.45, 7) is 1.92. The molecule has 0 saturated carbocycles. The van der Waals surface area contributed by atoms with Gasteiger partial charge in [0.2, 0.25) is 0 Å². The molecular formula is C18H16BrNO6. The Morgan fingerprint density at radius 2 is 1.85 bits per heavy atom. The molecule has 2 rings (SSSR count). The summed E-state index contributed by atoms with van der Waals surface area (Å²) in [4.78, 5) is 34.5. The number of nitrogens with zero attached hydrogens (tertiary/aromatic N) is 1. The lowest BCUT2D eigenvalue weighted by atomic mass is 10.1. The Bertz CT molecular complexity index is 819. The van der Waals surface area contributed by atoms with Crippen LogP contribution >= 0.6 is 15.9 Å². The normalized spacial score (nSPS) is 10.2. The van der Waals surface area contributed by atoms with E-state index in [1.807, 2.05) is 6.92 Å². The van der Waals surface area contributed by atoms with Gasteiger partial charge in [-0.15, -0.1) is 0 Å². The lowest BCUT2D eigenvalue weighted by molar-refractivity contribution is -0.384. The average Bonchev–Trinajstić information content (AvgIpc) is 2.64. The fourth-order valence-electron chi connectivity index (χ4n) is 2.06. The van der Waals surface area contributed by atoms with Crippen LogP contribution in [0.3, 0.4) is 0 Å². The third-order valence-corrected chi connectivity index (χ3v) is 3.85. The molecule has 2 aromatic rings. The fraction of sp³-hybridized carbons (Fsp3) is 0.222. The Balaban J connectivity index is 2.04. The zero-order chi connectivity index (χ0) is 19.1. The Kier molecular flexibility index (Phi) is 6.85. The third kappa shape index (κ3) is 5.13. The number of Topliss-reactive ketones (excluding diaryl/α,β-unsaturated/α-hetero) is 1. The fourth-order valence-corrected chi connectivity index (χ4v) is 2.42. The van der Waals surface area contributed by atoms with Crippen LogP contribution in [0.2, 0.25) is 0 Å². The Morgan fingerprint density at radius 1 is 1.15 bits per heavy atom. The molecule has 0 aliphatic heterocycles. The van der Waals surface area contributed by atoms with Gasteiger partial charge in [-0.1, -0.05) is 22.9 Å². The summed E-state index contributed by atoms with van der Waals surface area (Å²) in [5.74, 6) is -0.769. The number of ether oxygens (including phenoxy) is 2. The second-order valence-electron chi connectivity index (χ2n) is 5.29. The summed E-state index contributed by atoms with van der Waals surface area (Å²) in [7, 11) is 0. The van der Waals surface area contributed by atoms with Gasteiger partial charge in [-0.2, -0.15) is 0 Å². The van der Waals surface area contributed by atoms with Crippen LogP contribution in [-0.2, 0) is 4.74 Å². The van der Waals surface area contributed by atoms with E-state index in [0.29, 0.717) is 16.8 Å². The van der Waals surface area contributed by atoms with Crippen molar-refractivity contribution in [2.75, 3.05) is 13.2 Å².